The monoisotopic (exact) mass is 348 g/mol. The van der Waals surface area contributed by atoms with Crippen molar-refractivity contribution in [3.8, 4) is 0 Å². The highest BCUT2D eigenvalue weighted by Gasteiger charge is 2.33. The Hall–Kier alpha value is -0.690. The van der Waals surface area contributed by atoms with Gasteiger partial charge in [0.05, 0.1) is 27.4 Å². The van der Waals surface area contributed by atoms with Gasteiger partial charge in [0.1, 0.15) is 5.78 Å². The van der Waals surface area contributed by atoms with E-state index in [1.165, 1.54) is 0 Å². The van der Waals surface area contributed by atoms with E-state index in [1.807, 2.05) is 6.92 Å². The molecule has 2 rings (SSSR count). The molecule has 1 aliphatic rings. The van der Waals surface area contributed by atoms with Crippen LogP contribution in [-0.4, -0.2) is 35.5 Å². The van der Waals surface area contributed by atoms with Crippen molar-refractivity contribution in [3.63, 3.8) is 0 Å². The minimum atomic E-state index is -3.01. The molecule has 0 bridgehead atoms. The normalized spacial score (nSPS) is 21.7. The molecule has 5 nitrogen and oxygen atoms in total. The van der Waals surface area contributed by atoms with Gasteiger partial charge in [-0.3, -0.25) is 9.48 Å². The lowest BCUT2D eigenvalue weighted by molar-refractivity contribution is -0.121. The molecule has 1 aromatic rings. The van der Waals surface area contributed by atoms with Gasteiger partial charge < -0.3 is 0 Å². The number of nitrogens with zero attached hydrogens (tertiary/aromatic N) is 2. The van der Waals surface area contributed by atoms with Gasteiger partial charge in [0.25, 0.3) is 0 Å². The van der Waals surface area contributed by atoms with E-state index in [-0.39, 0.29) is 29.6 Å². The Kier molecular flexibility index (Phi) is 4.15. The summed E-state index contributed by atoms with van der Waals surface area (Å²) in [7, 11) is -1.20. The fourth-order valence-corrected chi connectivity index (χ4v) is 4.90. The van der Waals surface area contributed by atoms with Gasteiger partial charge in [0.2, 0.25) is 0 Å². The molecular formula is C12H17BrN2O3S. The van der Waals surface area contributed by atoms with Crippen LogP contribution in [0.3, 0.4) is 0 Å². The van der Waals surface area contributed by atoms with Crippen LogP contribution in [-0.2, 0) is 34.5 Å². The fourth-order valence-electron chi connectivity index (χ4n) is 2.37. The minimum Gasteiger partial charge on any atom is -0.299 e. The zero-order valence-corrected chi connectivity index (χ0v) is 13.4. The van der Waals surface area contributed by atoms with E-state index in [0.29, 0.717) is 6.42 Å². The topological polar surface area (TPSA) is 69.0 Å². The van der Waals surface area contributed by atoms with E-state index in [1.54, 1.807) is 11.7 Å². The summed E-state index contributed by atoms with van der Waals surface area (Å²) < 4.78 is 25.4. The number of carbonyl (C=O) groups is 1. The van der Waals surface area contributed by atoms with Gasteiger partial charge in [-0.15, -0.1) is 0 Å². The Bertz CT molecular complexity index is 607. The lowest BCUT2D eigenvalue weighted by Gasteiger charge is -2.07. The van der Waals surface area contributed by atoms with Crippen molar-refractivity contribution in [2.45, 2.75) is 26.2 Å². The summed E-state index contributed by atoms with van der Waals surface area (Å²) in [5.41, 5.74) is 1.75. The molecule has 1 fully saturated rings. The van der Waals surface area contributed by atoms with Crippen molar-refractivity contribution in [2.75, 3.05) is 11.5 Å². The van der Waals surface area contributed by atoms with Crippen molar-refractivity contribution in [3.05, 3.63) is 15.9 Å². The third-order valence-electron chi connectivity index (χ3n) is 3.53. The molecule has 0 aliphatic carbocycles. The van der Waals surface area contributed by atoms with Crippen LogP contribution in [0.25, 0.3) is 0 Å². The van der Waals surface area contributed by atoms with E-state index in [2.05, 4.69) is 21.0 Å². The second-order valence-corrected chi connectivity index (χ2v) is 7.95. The average Bonchev–Trinajstić information content (AvgIpc) is 2.83. The molecule has 2 heterocycles. The number of aromatic nitrogens is 2. The molecule has 0 radical (unpaired) electrons. The first kappa shape index (κ1) is 14.7. The quantitative estimate of drug-likeness (QED) is 0.822. The number of hydrogen-bond donors (Lipinski definition) is 0. The molecule has 1 aromatic heterocycles. The summed E-state index contributed by atoms with van der Waals surface area (Å²) in [6.07, 6.45) is 1.49. The first-order valence-electron chi connectivity index (χ1n) is 6.27. The van der Waals surface area contributed by atoms with Gasteiger partial charge in [-0.25, -0.2) is 8.42 Å². The summed E-state index contributed by atoms with van der Waals surface area (Å²) in [6.45, 7) is 2.00. The van der Waals surface area contributed by atoms with Crippen molar-refractivity contribution < 1.29 is 13.2 Å². The molecule has 1 aliphatic heterocycles. The van der Waals surface area contributed by atoms with E-state index in [4.69, 9.17) is 0 Å². The molecule has 1 saturated heterocycles. The van der Waals surface area contributed by atoms with E-state index < -0.39 is 9.84 Å². The first-order chi connectivity index (χ1) is 8.84. The Balaban J connectivity index is 2.14. The van der Waals surface area contributed by atoms with Crippen molar-refractivity contribution in [2.24, 2.45) is 13.0 Å². The molecule has 0 saturated carbocycles. The second kappa shape index (κ2) is 5.36. The summed E-state index contributed by atoms with van der Waals surface area (Å²) in [6, 6.07) is 0. The lowest BCUT2D eigenvalue weighted by Crippen LogP contribution is -2.19. The number of sulfone groups is 1. The predicted molar refractivity (Wildman–Crippen MR) is 75.8 cm³/mol. The lowest BCUT2D eigenvalue weighted by atomic mass is 10.00. The molecule has 7 heteroatoms. The largest absolute Gasteiger partial charge is 0.299 e. The molecule has 0 amide bonds. The average molecular weight is 349 g/mol. The van der Waals surface area contributed by atoms with Crippen LogP contribution >= 0.6 is 15.9 Å². The highest BCUT2D eigenvalue weighted by molar-refractivity contribution is 9.10. The van der Waals surface area contributed by atoms with Gasteiger partial charge in [0.15, 0.2) is 9.84 Å². The smallest absolute Gasteiger partial charge is 0.151 e. The van der Waals surface area contributed by atoms with E-state index in [9.17, 15) is 13.2 Å². The SMILES string of the molecule is CCc1nn(C)c(CC(=O)C2CCS(=O)(=O)C2)c1Br. The molecular weight excluding hydrogens is 332 g/mol. The maximum atomic E-state index is 12.2. The van der Waals surface area contributed by atoms with E-state index in [0.717, 1.165) is 22.3 Å². The van der Waals surface area contributed by atoms with Crippen LogP contribution in [0.2, 0.25) is 0 Å². The van der Waals surface area contributed by atoms with Gasteiger partial charge in [0, 0.05) is 19.4 Å². The zero-order valence-electron chi connectivity index (χ0n) is 11.0. The number of rotatable bonds is 4. The summed E-state index contributed by atoms with van der Waals surface area (Å²) in [5.74, 6) is -0.220. The van der Waals surface area contributed by atoms with Crippen LogP contribution in [0, 0.1) is 5.92 Å². The summed E-state index contributed by atoms with van der Waals surface area (Å²) in [5, 5.41) is 4.34. The van der Waals surface area contributed by atoms with Crippen molar-refractivity contribution in [1.82, 2.24) is 9.78 Å². The zero-order chi connectivity index (χ0) is 14.2. The number of hydrogen-bond acceptors (Lipinski definition) is 4. The third kappa shape index (κ3) is 3.08. The Morgan fingerprint density at radius 3 is 2.68 bits per heavy atom. The van der Waals surface area contributed by atoms with Gasteiger partial charge >= 0.3 is 0 Å². The standard InChI is InChI=1S/C12H17BrN2O3S/c1-3-9-12(13)10(15(2)14-9)6-11(16)8-4-5-19(17,18)7-8/h8H,3-7H2,1-2H3. The molecule has 0 N–H and O–H groups in total. The van der Waals surface area contributed by atoms with Crippen molar-refractivity contribution >= 4 is 31.6 Å². The minimum absolute atomic E-state index is 0.00192. The van der Waals surface area contributed by atoms with Crippen LogP contribution < -0.4 is 0 Å². The maximum absolute atomic E-state index is 12.2. The highest BCUT2D eigenvalue weighted by atomic mass is 79.9. The molecule has 0 aromatic carbocycles. The molecule has 0 spiro atoms. The third-order valence-corrected chi connectivity index (χ3v) is 6.22. The fraction of sp³-hybridized carbons (Fsp3) is 0.667. The predicted octanol–water partition coefficient (Wildman–Crippen LogP) is 1.29. The van der Waals surface area contributed by atoms with E-state index >= 15 is 0 Å². The van der Waals surface area contributed by atoms with Crippen LogP contribution in [0.5, 0.6) is 0 Å². The number of ketones is 1. The van der Waals surface area contributed by atoms with Gasteiger partial charge in [-0.1, -0.05) is 6.92 Å². The van der Waals surface area contributed by atoms with Crippen molar-refractivity contribution in [1.29, 1.82) is 0 Å². The second-order valence-electron chi connectivity index (χ2n) is 4.93. The number of aryl methyl sites for hydroxylation is 2. The molecule has 1 unspecified atom stereocenters. The summed E-state index contributed by atoms with van der Waals surface area (Å²) in [4.78, 5) is 12.2. The van der Waals surface area contributed by atoms with Gasteiger partial charge in [-0.2, -0.15) is 5.10 Å². The highest BCUT2D eigenvalue weighted by Crippen LogP contribution is 2.25. The number of halogens is 1. The molecule has 19 heavy (non-hydrogen) atoms. The van der Waals surface area contributed by atoms with Gasteiger partial charge in [-0.05, 0) is 28.8 Å². The Morgan fingerprint density at radius 2 is 2.21 bits per heavy atom. The van der Waals surface area contributed by atoms with Crippen LogP contribution in [0.1, 0.15) is 24.7 Å². The maximum Gasteiger partial charge on any atom is 0.151 e. The number of carbonyl (C=O) groups excluding carboxylic acids is 1. The molecule has 1 atom stereocenters. The van der Waals surface area contributed by atoms with Crippen LogP contribution in [0.4, 0.5) is 0 Å². The van der Waals surface area contributed by atoms with Crippen LogP contribution in [0.15, 0.2) is 4.47 Å². The Labute approximate surface area is 121 Å². The number of Topliss-reactive ketones (excluding diaryl/α,β-unsaturated/α-hetero) is 1. The Morgan fingerprint density at radius 1 is 1.53 bits per heavy atom. The summed E-state index contributed by atoms with van der Waals surface area (Å²) >= 11 is 3.47. The molecule has 106 valence electrons. The first-order valence-corrected chi connectivity index (χ1v) is 8.89.